The van der Waals surface area contributed by atoms with Gasteiger partial charge in [-0.1, -0.05) is 0 Å². The molecule has 0 aromatic carbocycles. The fourth-order valence-corrected chi connectivity index (χ4v) is 2.67. The molecule has 1 saturated carbocycles. The quantitative estimate of drug-likeness (QED) is 0.680. The average molecular weight is 183 g/mol. The summed E-state index contributed by atoms with van der Waals surface area (Å²) in [6.45, 7) is 1.01. The molecule has 1 unspecified atom stereocenters. The Kier molecular flexibility index (Phi) is 2.28. The predicted molar refractivity (Wildman–Crippen MR) is 49.6 cm³/mol. The van der Waals surface area contributed by atoms with Crippen LogP contribution in [0.3, 0.4) is 0 Å². The zero-order valence-corrected chi connectivity index (χ0v) is 7.88. The molecule has 74 valence electrons. The molecule has 0 aromatic rings. The molecular weight excluding hydrogens is 166 g/mol. The lowest BCUT2D eigenvalue weighted by Crippen LogP contribution is -2.55. The van der Waals surface area contributed by atoms with E-state index in [1.165, 1.54) is 19.3 Å². The second-order valence-corrected chi connectivity index (χ2v) is 4.52. The lowest BCUT2D eigenvalue weighted by molar-refractivity contribution is -0.138. The average Bonchev–Trinajstić information content (AvgIpc) is 2.01. The van der Waals surface area contributed by atoms with Crippen LogP contribution in [-0.2, 0) is 4.79 Å². The van der Waals surface area contributed by atoms with E-state index in [1.54, 1.807) is 0 Å². The Morgan fingerprint density at radius 2 is 2.31 bits per heavy atom. The maximum absolute atomic E-state index is 10.6. The third-order valence-corrected chi connectivity index (χ3v) is 3.51. The molecule has 1 atom stereocenters. The number of carboxylic acids is 1. The molecule has 3 nitrogen and oxygen atoms in total. The molecule has 2 aliphatic rings. The van der Waals surface area contributed by atoms with Gasteiger partial charge in [-0.3, -0.25) is 4.79 Å². The Labute approximate surface area is 78.5 Å². The van der Waals surface area contributed by atoms with E-state index in [0.717, 1.165) is 19.4 Å². The monoisotopic (exact) mass is 183 g/mol. The Balaban J connectivity index is 1.88. The van der Waals surface area contributed by atoms with Crippen molar-refractivity contribution in [1.82, 2.24) is 5.32 Å². The third kappa shape index (κ3) is 1.85. The van der Waals surface area contributed by atoms with Crippen LogP contribution in [0.1, 0.15) is 38.5 Å². The van der Waals surface area contributed by atoms with Crippen LogP contribution in [0.2, 0.25) is 0 Å². The van der Waals surface area contributed by atoms with Gasteiger partial charge in [0.05, 0.1) is 0 Å². The molecular formula is C10H17NO2. The molecule has 13 heavy (non-hydrogen) atoms. The highest BCUT2D eigenvalue weighted by atomic mass is 16.4. The number of carboxylic acid groups (broad SMARTS) is 1. The van der Waals surface area contributed by atoms with Gasteiger partial charge in [-0.05, 0) is 44.6 Å². The van der Waals surface area contributed by atoms with Crippen LogP contribution in [0, 0.1) is 5.92 Å². The van der Waals surface area contributed by atoms with Crippen molar-refractivity contribution in [3.8, 4) is 0 Å². The largest absolute Gasteiger partial charge is 0.481 e. The first-order valence-electron chi connectivity index (χ1n) is 5.17. The van der Waals surface area contributed by atoms with Gasteiger partial charge in [0.1, 0.15) is 0 Å². The molecule has 0 bridgehead atoms. The highest BCUT2D eigenvalue weighted by Crippen LogP contribution is 2.41. The van der Waals surface area contributed by atoms with E-state index in [2.05, 4.69) is 5.32 Å². The van der Waals surface area contributed by atoms with Crippen LogP contribution >= 0.6 is 0 Å². The Morgan fingerprint density at radius 3 is 2.85 bits per heavy atom. The Morgan fingerprint density at radius 1 is 1.54 bits per heavy atom. The molecule has 2 rings (SSSR count). The second-order valence-electron chi connectivity index (χ2n) is 4.52. The first-order valence-corrected chi connectivity index (χ1v) is 5.17. The van der Waals surface area contributed by atoms with Gasteiger partial charge in [-0.2, -0.15) is 0 Å². The number of hydrogen-bond donors (Lipinski definition) is 2. The van der Waals surface area contributed by atoms with Crippen molar-refractivity contribution >= 4 is 5.97 Å². The van der Waals surface area contributed by atoms with Gasteiger partial charge >= 0.3 is 5.97 Å². The molecule has 0 radical (unpaired) electrons. The van der Waals surface area contributed by atoms with E-state index < -0.39 is 5.97 Å². The number of rotatable bonds is 2. The lowest BCUT2D eigenvalue weighted by atomic mass is 9.68. The van der Waals surface area contributed by atoms with E-state index in [9.17, 15) is 4.79 Å². The van der Waals surface area contributed by atoms with Crippen molar-refractivity contribution in [1.29, 1.82) is 0 Å². The Hall–Kier alpha value is -0.570. The van der Waals surface area contributed by atoms with E-state index >= 15 is 0 Å². The fourth-order valence-electron chi connectivity index (χ4n) is 2.67. The molecule has 2 N–H and O–H groups in total. The summed E-state index contributed by atoms with van der Waals surface area (Å²) < 4.78 is 0. The van der Waals surface area contributed by atoms with Crippen LogP contribution < -0.4 is 5.32 Å². The maximum Gasteiger partial charge on any atom is 0.303 e. The van der Waals surface area contributed by atoms with Crippen LogP contribution in [0.4, 0.5) is 0 Å². The van der Waals surface area contributed by atoms with E-state index in [1.807, 2.05) is 0 Å². The standard InChI is InChI=1S/C10H17NO2/c12-9(13)6-8-2-5-11-10(7-8)3-1-4-10/h8,11H,1-7H2,(H,12,13). The summed E-state index contributed by atoms with van der Waals surface area (Å²) in [6, 6.07) is 0. The van der Waals surface area contributed by atoms with Gasteiger partial charge in [-0.25, -0.2) is 0 Å². The van der Waals surface area contributed by atoms with Gasteiger partial charge in [0.2, 0.25) is 0 Å². The van der Waals surface area contributed by atoms with Crippen LogP contribution in [0.25, 0.3) is 0 Å². The minimum Gasteiger partial charge on any atom is -0.481 e. The van der Waals surface area contributed by atoms with Crippen LogP contribution in [0.15, 0.2) is 0 Å². The molecule has 3 heteroatoms. The molecule has 1 spiro atoms. The molecule has 1 aliphatic heterocycles. The maximum atomic E-state index is 10.6. The number of hydrogen-bond acceptors (Lipinski definition) is 2. The molecule has 1 aliphatic carbocycles. The fraction of sp³-hybridized carbons (Fsp3) is 0.900. The van der Waals surface area contributed by atoms with Crippen molar-refractivity contribution in [2.75, 3.05) is 6.54 Å². The van der Waals surface area contributed by atoms with Gasteiger partial charge in [-0.15, -0.1) is 0 Å². The van der Waals surface area contributed by atoms with Crippen molar-refractivity contribution in [3.05, 3.63) is 0 Å². The summed E-state index contributed by atoms with van der Waals surface area (Å²) in [5, 5.41) is 12.2. The molecule has 1 heterocycles. The van der Waals surface area contributed by atoms with Crippen molar-refractivity contribution in [2.24, 2.45) is 5.92 Å². The SMILES string of the molecule is O=C(O)CC1CCNC2(CCC2)C1. The second kappa shape index (κ2) is 3.29. The molecule has 1 saturated heterocycles. The smallest absolute Gasteiger partial charge is 0.303 e. The minimum atomic E-state index is -0.638. The normalized spacial score (nSPS) is 31.2. The van der Waals surface area contributed by atoms with Gasteiger partial charge < -0.3 is 10.4 Å². The zero-order chi connectivity index (χ0) is 9.31. The van der Waals surface area contributed by atoms with Crippen molar-refractivity contribution < 1.29 is 9.90 Å². The van der Waals surface area contributed by atoms with E-state index in [4.69, 9.17) is 5.11 Å². The highest BCUT2D eigenvalue weighted by Gasteiger charge is 2.41. The van der Waals surface area contributed by atoms with Crippen molar-refractivity contribution in [2.45, 2.75) is 44.1 Å². The first-order chi connectivity index (χ1) is 6.20. The topological polar surface area (TPSA) is 49.3 Å². The van der Waals surface area contributed by atoms with Crippen LogP contribution in [0.5, 0.6) is 0 Å². The summed E-state index contributed by atoms with van der Waals surface area (Å²) in [7, 11) is 0. The van der Waals surface area contributed by atoms with Gasteiger partial charge in [0, 0.05) is 12.0 Å². The predicted octanol–water partition coefficient (Wildman–Crippen LogP) is 1.38. The summed E-state index contributed by atoms with van der Waals surface area (Å²) in [5.41, 5.74) is 0.346. The van der Waals surface area contributed by atoms with Crippen LogP contribution in [-0.4, -0.2) is 23.2 Å². The summed E-state index contributed by atoms with van der Waals surface area (Å²) in [5.74, 6) is -0.222. The minimum absolute atomic E-state index is 0.346. The van der Waals surface area contributed by atoms with Gasteiger partial charge in [0.25, 0.3) is 0 Å². The number of nitrogens with one attached hydrogen (secondary N) is 1. The van der Waals surface area contributed by atoms with E-state index in [0.29, 0.717) is 17.9 Å². The number of aliphatic carboxylic acids is 1. The summed E-state index contributed by atoms with van der Waals surface area (Å²) >= 11 is 0. The molecule has 0 amide bonds. The first kappa shape index (κ1) is 9.00. The molecule has 0 aromatic heterocycles. The summed E-state index contributed by atoms with van der Waals surface area (Å²) in [6.07, 6.45) is 6.30. The summed E-state index contributed by atoms with van der Waals surface area (Å²) in [4.78, 5) is 10.6. The van der Waals surface area contributed by atoms with E-state index in [-0.39, 0.29) is 0 Å². The lowest BCUT2D eigenvalue weighted by Gasteiger charge is -2.48. The molecule has 2 fully saturated rings. The Bertz CT molecular complexity index is 211. The highest BCUT2D eigenvalue weighted by molar-refractivity contribution is 5.67. The van der Waals surface area contributed by atoms with Crippen molar-refractivity contribution in [3.63, 3.8) is 0 Å². The van der Waals surface area contributed by atoms with Gasteiger partial charge in [0.15, 0.2) is 0 Å². The zero-order valence-electron chi connectivity index (χ0n) is 7.88. The number of carbonyl (C=O) groups is 1. The number of piperidine rings is 1. The third-order valence-electron chi connectivity index (χ3n) is 3.51.